The minimum atomic E-state index is -0.00389. The summed E-state index contributed by atoms with van der Waals surface area (Å²) in [5, 5.41) is 15.4. The maximum atomic E-state index is 12.7. The monoisotopic (exact) mass is 480 g/mol. The van der Waals surface area contributed by atoms with Gasteiger partial charge < -0.3 is 14.6 Å². The molecule has 0 unspecified atom stereocenters. The number of fused-ring (bicyclic) bond motifs is 1. The third-order valence-electron chi connectivity index (χ3n) is 5.56. The molecule has 1 aliphatic heterocycles. The lowest BCUT2D eigenvalue weighted by atomic mass is 9.96. The van der Waals surface area contributed by atoms with E-state index in [1.165, 1.54) is 0 Å². The fraction of sp³-hybridized carbons (Fsp3) is 0.273. The molecule has 4 heterocycles. The summed E-state index contributed by atoms with van der Waals surface area (Å²) in [5.74, 6) is 2.49. The van der Waals surface area contributed by atoms with Gasteiger partial charge in [0, 0.05) is 29.0 Å². The number of halogens is 1. The second kappa shape index (κ2) is 8.50. The van der Waals surface area contributed by atoms with Crippen molar-refractivity contribution >= 4 is 33.3 Å². The normalized spacial score (nSPS) is 14.8. The first-order chi connectivity index (χ1) is 15.2. The Hall–Kier alpha value is -3.20. The van der Waals surface area contributed by atoms with E-state index in [1.807, 2.05) is 48.5 Å². The van der Waals surface area contributed by atoms with E-state index < -0.39 is 0 Å². The fourth-order valence-electron chi connectivity index (χ4n) is 3.82. The van der Waals surface area contributed by atoms with Gasteiger partial charge in [-0.3, -0.25) is 4.79 Å². The van der Waals surface area contributed by atoms with Crippen molar-refractivity contribution in [2.75, 3.05) is 18.0 Å². The van der Waals surface area contributed by atoms with Crippen LogP contribution in [0.5, 0.6) is 0 Å². The first-order valence-corrected chi connectivity index (χ1v) is 11.0. The van der Waals surface area contributed by atoms with Crippen LogP contribution in [0.15, 0.2) is 63.7 Å². The number of anilines is 1. The van der Waals surface area contributed by atoms with Crippen LogP contribution in [0.4, 0.5) is 5.82 Å². The number of rotatable bonds is 5. The van der Waals surface area contributed by atoms with Gasteiger partial charge in [-0.2, -0.15) is 4.52 Å². The van der Waals surface area contributed by atoms with E-state index in [-0.39, 0.29) is 11.8 Å². The average Bonchev–Trinajstić information content (AvgIpc) is 3.47. The van der Waals surface area contributed by atoms with Crippen LogP contribution in [-0.2, 0) is 11.3 Å². The Morgan fingerprint density at radius 2 is 1.90 bits per heavy atom. The lowest BCUT2D eigenvalue weighted by Crippen LogP contribution is -2.40. The largest absolute Gasteiger partial charge is 0.459 e. The van der Waals surface area contributed by atoms with Crippen LogP contribution in [0, 0.1) is 5.92 Å². The molecule has 8 nitrogen and oxygen atoms in total. The van der Waals surface area contributed by atoms with E-state index >= 15 is 0 Å². The summed E-state index contributed by atoms with van der Waals surface area (Å²) in [4.78, 5) is 14.9. The second-order valence-electron chi connectivity index (χ2n) is 7.58. The van der Waals surface area contributed by atoms with Gasteiger partial charge in [-0.15, -0.1) is 15.3 Å². The number of benzene rings is 1. The lowest BCUT2D eigenvalue weighted by Gasteiger charge is -2.31. The molecule has 0 radical (unpaired) electrons. The van der Waals surface area contributed by atoms with Crippen molar-refractivity contribution in [1.82, 2.24) is 25.1 Å². The van der Waals surface area contributed by atoms with Gasteiger partial charge in [0.1, 0.15) is 23.7 Å². The summed E-state index contributed by atoms with van der Waals surface area (Å²) in [5.41, 5.74) is 1.73. The van der Waals surface area contributed by atoms with E-state index in [0.717, 1.165) is 59.0 Å². The molecule has 1 saturated heterocycles. The zero-order valence-corrected chi connectivity index (χ0v) is 18.3. The van der Waals surface area contributed by atoms with E-state index in [1.54, 1.807) is 10.8 Å². The third-order valence-corrected chi connectivity index (χ3v) is 6.09. The average molecular weight is 481 g/mol. The molecule has 5 rings (SSSR count). The highest BCUT2D eigenvalue weighted by Crippen LogP contribution is 2.25. The highest BCUT2D eigenvalue weighted by molar-refractivity contribution is 9.10. The number of aromatic nitrogens is 4. The number of piperidine rings is 1. The van der Waals surface area contributed by atoms with Crippen LogP contribution in [0.25, 0.3) is 17.0 Å². The van der Waals surface area contributed by atoms with Crippen molar-refractivity contribution in [1.29, 1.82) is 0 Å². The van der Waals surface area contributed by atoms with Gasteiger partial charge in [0.15, 0.2) is 5.65 Å². The van der Waals surface area contributed by atoms with Crippen molar-refractivity contribution in [3.63, 3.8) is 0 Å². The zero-order valence-electron chi connectivity index (χ0n) is 16.7. The fourth-order valence-corrected chi connectivity index (χ4v) is 4.08. The number of hydrogen-bond acceptors (Lipinski definition) is 6. The molecule has 0 aliphatic carbocycles. The van der Waals surface area contributed by atoms with Crippen LogP contribution < -0.4 is 10.2 Å². The van der Waals surface area contributed by atoms with Crippen molar-refractivity contribution in [2.45, 2.75) is 19.4 Å². The van der Waals surface area contributed by atoms with Crippen molar-refractivity contribution in [3.05, 3.63) is 65.1 Å². The summed E-state index contributed by atoms with van der Waals surface area (Å²) >= 11 is 3.44. The van der Waals surface area contributed by atoms with Gasteiger partial charge >= 0.3 is 0 Å². The number of nitrogens with one attached hydrogen (secondary N) is 1. The van der Waals surface area contributed by atoms with Crippen LogP contribution in [-0.4, -0.2) is 38.8 Å². The maximum Gasteiger partial charge on any atom is 0.223 e. The molecular weight excluding hydrogens is 460 g/mol. The summed E-state index contributed by atoms with van der Waals surface area (Å²) in [6.07, 6.45) is 3.17. The highest BCUT2D eigenvalue weighted by atomic mass is 79.9. The number of amides is 1. The molecule has 0 atom stereocenters. The summed E-state index contributed by atoms with van der Waals surface area (Å²) < 4.78 is 8.58. The first kappa shape index (κ1) is 19.7. The molecule has 0 saturated carbocycles. The van der Waals surface area contributed by atoms with Gasteiger partial charge in [-0.25, -0.2) is 0 Å². The zero-order chi connectivity index (χ0) is 21.2. The number of nitrogens with zero attached hydrogens (tertiary/aromatic N) is 5. The second-order valence-corrected chi connectivity index (χ2v) is 8.49. The minimum absolute atomic E-state index is 0.00389. The molecule has 4 aromatic rings. The molecule has 0 bridgehead atoms. The predicted molar refractivity (Wildman–Crippen MR) is 119 cm³/mol. The van der Waals surface area contributed by atoms with Crippen LogP contribution in [0.1, 0.15) is 18.6 Å². The Morgan fingerprint density at radius 1 is 1.10 bits per heavy atom. The molecule has 31 heavy (non-hydrogen) atoms. The molecule has 1 aromatic carbocycles. The highest BCUT2D eigenvalue weighted by Gasteiger charge is 2.26. The summed E-state index contributed by atoms with van der Waals surface area (Å²) in [6, 6.07) is 15.6. The molecule has 1 aliphatic rings. The van der Waals surface area contributed by atoms with Crippen LogP contribution in [0.3, 0.4) is 0 Å². The van der Waals surface area contributed by atoms with Crippen LogP contribution >= 0.6 is 15.9 Å². The minimum Gasteiger partial charge on any atom is -0.459 e. The molecule has 1 amide bonds. The Kier molecular flexibility index (Phi) is 5.42. The molecular formula is C22H21BrN6O2. The molecule has 1 fully saturated rings. The van der Waals surface area contributed by atoms with Crippen molar-refractivity contribution < 1.29 is 9.21 Å². The quantitative estimate of drug-likeness (QED) is 0.468. The summed E-state index contributed by atoms with van der Waals surface area (Å²) in [6.45, 7) is 1.96. The lowest BCUT2D eigenvalue weighted by molar-refractivity contribution is -0.125. The Morgan fingerprint density at radius 3 is 2.71 bits per heavy atom. The molecule has 158 valence electrons. The molecule has 0 spiro atoms. The standard InChI is InChI=1S/C22H21BrN6O2/c23-17-3-1-15(2-4-17)19-6-5-18(31-19)13-24-22(30)16-9-11-28(12-10-16)21-8-7-20-26-25-14-29(20)27-21/h1-8,14,16H,9-13H2,(H,24,30). The number of carbonyl (C=O) groups is 1. The van der Waals surface area contributed by atoms with Crippen molar-refractivity contribution in [3.8, 4) is 11.3 Å². The Labute approximate surface area is 187 Å². The molecule has 9 heteroatoms. The van der Waals surface area contributed by atoms with Gasteiger partial charge in [0.2, 0.25) is 5.91 Å². The van der Waals surface area contributed by atoms with Crippen molar-refractivity contribution in [2.24, 2.45) is 5.92 Å². The van der Waals surface area contributed by atoms with Crippen LogP contribution in [0.2, 0.25) is 0 Å². The molecule has 1 N–H and O–H groups in total. The predicted octanol–water partition coefficient (Wildman–Crippen LogP) is 3.68. The van der Waals surface area contributed by atoms with E-state index in [4.69, 9.17) is 4.42 Å². The summed E-state index contributed by atoms with van der Waals surface area (Å²) in [7, 11) is 0. The SMILES string of the molecule is O=C(NCc1ccc(-c2ccc(Br)cc2)o1)C1CCN(c2ccc3nncn3n2)CC1. The van der Waals surface area contributed by atoms with Gasteiger partial charge in [-0.05, 0) is 49.2 Å². The number of hydrogen-bond donors (Lipinski definition) is 1. The smallest absolute Gasteiger partial charge is 0.223 e. The van der Waals surface area contributed by atoms with E-state index in [0.29, 0.717) is 6.54 Å². The number of carbonyl (C=O) groups excluding carboxylic acids is 1. The molecule has 3 aromatic heterocycles. The van der Waals surface area contributed by atoms with E-state index in [2.05, 4.69) is 41.4 Å². The van der Waals surface area contributed by atoms with E-state index in [9.17, 15) is 4.79 Å². The maximum absolute atomic E-state index is 12.7. The van der Waals surface area contributed by atoms with Gasteiger partial charge in [0.05, 0.1) is 6.54 Å². The van der Waals surface area contributed by atoms with Gasteiger partial charge in [-0.1, -0.05) is 28.1 Å². The third kappa shape index (κ3) is 4.32. The first-order valence-electron chi connectivity index (χ1n) is 10.2. The van der Waals surface area contributed by atoms with Gasteiger partial charge in [0.25, 0.3) is 0 Å². The topological polar surface area (TPSA) is 88.6 Å². The number of furan rings is 1. The Balaban J connectivity index is 1.14. The Bertz CT molecular complexity index is 1190.